The van der Waals surface area contributed by atoms with Crippen LogP contribution in [0.1, 0.15) is 54.9 Å². The summed E-state index contributed by atoms with van der Waals surface area (Å²) in [5.74, 6) is 0.137. The molecule has 0 saturated carbocycles. The Morgan fingerprint density at radius 3 is 2.63 bits per heavy atom. The lowest BCUT2D eigenvalue weighted by Gasteiger charge is -2.19. The van der Waals surface area contributed by atoms with Crippen LogP contribution in [0.25, 0.3) is 0 Å². The van der Waals surface area contributed by atoms with Crippen LogP contribution in [0, 0.1) is 5.92 Å². The maximum atomic E-state index is 12.8. The Labute approximate surface area is 190 Å². The number of nitrogens with one attached hydrogen (secondary N) is 1. The minimum Gasteiger partial charge on any atom is -0.479 e. The normalized spacial score (nSPS) is 16.7. The van der Waals surface area contributed by atoms with Crippen LogP contribution in [0.4, 0.5) is 5.00 Å². The summed E-state index contributed by atoms with van der Waals surface area (Å²) in [5, 5.41) is 4.19. The first kappa shape index (κ1) is 22.9. The first-order valence-corrected chi connectivity index (χ1v) is 11.5. The van der Waals surface area contributed by atoms with E-state index in [0.717, 1.165) is 29.7 Å². The molecule has 1 aromatic heterocycles. The van der Waals surface area contributed by atoms with Crippen LogP contribution >= 0.6 is 34.5 Å². The second-order valence-corrected chi connectivity index (χ2v) is 9.78. The highest BCUT2D eigenvalue weighted by Crippen LogP contribution is 2.40. The van der Waals surface area contributed by atoms with Gasteiger partial charge in [-0.1, -0.05) is 30.1 Å². The molecule has 1 aliphatic rings. The van der Waals surface area contributed by atoms with Crippen LogP contribution < -0.4 is 10.1 Å². The second-order valence-electron chi connectivity index (χ2n) is 7.83. The van der Waals surface area contributed by atoms with Gasteiger partial charge >= 0.3 is 5.97 Å². The van der Waals surface area contributed by atoms with E-state index in [1.807, 2.05) is 13.8 Å². The Bertz CT molecular complexity index is 957. The van der Waals surface area contributed by atoms with Crippen molar-refractivity contribution in [3.8, 4) is 5.75 Å². The monoisotopic (exact) mass is 469 g/mol. The van der Waals surface area contributed by atoms with Crippen molar-refractivity contribution in [3.05, 3.63) is 44.2 Å². The van der Waals surface area contributed by atoms with E-state index in [2.05, 4.69) is 12.2 Å². The SMILES string of the molecule is CC(C)OC(=O)c1c(NC(=O)[C@@H](C)Oc2ccc(Cl)cc2Cl)sc2c1CC[C@H](C)C2. The van der Waals surface area contributed by atoms with E-state index < -0.39 is 12.1 Å². The molecule has 0 saturated heterocycles. The molecule has 1 heterocycles. The van der Waals surface area contributed by atoms with Gasteiger partial charge in [-0.3, -0.25) is 4.79 Å². The van der Waals surface area contributed by atoms with E-state index in [9.17, 15) is 9.59 Å². The highest BCUT2D eigenvalue weighted by atomic mass is 35.5. The quantitative estimate of drug-likeness (QED) is 0.515. The van der Waals surface area contributed by atoms with E-state index in [-0.39, 0.29) is 12.0 Å². The summed E-state index contributed by atoms with van der Waals surface area (Å²) in [6, 6.07) is 4.81. The van der Waals surface area contributed by atoms with Crippen molar-refractivity contribution >= 4 is 51.4 Å². The number of fused-ring (bicyclic) bond motifs is 1. The summed E-state index contributed by atoms with van der Waals surface area (Å²) in [5.41, 5.74) is 1.47. The Hall–Kier alpha value is -1.76. The molecule has 3 rings (SSSR count). The predicted octanol–water partition coefficient (Wildman–Crippen LogP) is 6.15. The number of amides is 1. The lowest BCUT2D eigenvalue weighted by Crippen LogP contribution is -2.30. The number of thiophene rings is 1. The summed E-state index contributed by atoms with van der Waals surface area (Å²) in [6.45, 7) is 7.44. The molecule has 162 valence electrons. The van der Waals surface area contributed by atoms with Crippen LogP contribution in [0.5, 0.6) is 5.75 Å². The highest BCUT2D eigenvalue weighted by Gasteiger charge is 2.30. The molecular weight excluding hydrogens is 445 g/mol. The number of ether oxygens (including phenoxy) is 2. The maximum absolute atomic E-state index is 12.8. The van der Waals surface area contributed by atoms with Crippen LogP contribution in [-0.2, 0) is 22.4 Å². The summed E-state index contributed by atoms with van der Waals surface area (Å²) in [7, 11) is 0. The van der Waals surface area contributed by atoms with Crippen LogP contribution in [0.2, 0.25) is 10.0 Å². The molecule has 0 fully saturated rings. The summed E-state index contributed by atoms with van der Waals surface area (Å²) in [4.78, 5) is 26.7. The molecule has 5 nitrogen and oxygen atoms in total. The molecular formula is C22H25Cl2NO4S. The van der Waals surface area contributed by atoms with E-state index in [1.54, 1.807) is 25.1 Å². The fraction of sp³-hybridized carbons (Fsp3) is 0.455. The van der Waals surface area contributed by atoms with Gasteiger partial charge in [-0.25, -0.2) is 4.79 Å². The average molecular weight is 470 g/mol. The zero-order chi connectivity index (χ0) is 22.0. The number of anilines is 1. The molecule has 0 unspecified atom stereocenters. The number of carbonyl (C=O) groups excluding carboxylic acids is 2. The van der Waals surface area contributed by atoms with Gasteiger partial charge in [0.05, 0.1) is 16.7 Å². The van der Waals surface area contributed by atoms with Gasteiger partial charge in [0.2, 0.25) is 0 Å². The Morgan fingerprint density at radius 2 is 1.97 bits per heavy atom. The minimum atomic E-state index is -0.823. The van der Waals surface area contributed by atoms with Gasteiger partial charge in [-0.15, -0.1) is 11.3 Å². The standard InChI is InChI=1S/C22H25Cl2NO4S/c1-11(2)28-22(27)19-15-7-5-12(3)9-18(15)30-21(19)25-20(26)13(4)29-17-8-6-14(23)10-16(17)24/h6,8,10-13H,5,7,9H2,1-4H3,(H,25,26)/t12-,13+/m0/s1. The third-order valence-electron chi connectivity index (χ3n) is 4.86. The zero-order valence-electron chi connectivity index (χ0n) is 17.4. The summed E-state index contributed by atoms with van der Waals surface area (Å²) >= 11 is 13.5. The Balaban J connectivity index is 1.82. The van der Waals surface area contributed by atoms with Crippen molar-refractivity contribution in [2.45, 2.75) is 59.2 Å². The molecule has 0 radical (unpaired) electrons. The van der Waals surface area contributed by atoms with Gasteiger partial charge in [0, 0.05) is 9.90 Å². The van der Waals surface area contributed by atoms with Crippen molar-refractivity contribution in [2.75, 3.05) is 5.32 Å². The third kappa shape index (κ3) is 5.29. The average Bonchev–Trinajstić information content (AvgIpc) is 3.00. The van der Waals surface area contributed by atoms with E-state index in [1.165, 1.54) is 11.3 Å². The van der Waals surface area contributed by atoms with Gasteiger partial charge in [-0.2, -0.15) is 0 Å². The molecule has 0 aliphatic heterocycles. The second kappa shape index (κ2) is 9.58. The third-order valence-corrected chi connectivity index (χ3v) is 6.56. The fourth-order valence-corrected chi connectivity index (χ4v) is 5.21. The van der Waals surface area contributed by atoms with Gasteiger partial charge < -0.3 is 14.8 Å². The molecule has 0 spiro atoms. The van der Waals surface area contributed by atoms with Crippen LogP contribution in [0.15, 0.2) is 18.2 Å². The molecule has 1 N–H and O–H groups in total. The van der Waals surface area contributed by atoms with E-state index in [4.69, 9.17) is 32.7 Å². The molecule has 0 bridgehead atoms. The van der Waals surface area contributed by atoms with E-state index in [0.29, 0.717) is 32.3 Å². The van der Waals surface area contributed by atoms with Gasteiger partial charge in [-0.05, 0) is 69.7 Å². The van der Waals surface area contributed by atoms with Crippen molar-refractivity contribution in [1.29, 1.82) is 0 Å². The number of carbonyl (C=O) groups is 2. The number of hydrogen-bond donors (Lipinski definition) is 1. The lowest BCUT2D eigenvalue weighted by atomic mass is 9.88. The predicted molar refractivity (Wildman–Crippen MR) is 121 cm³/mol. The number of benzene rings is 1. The first-order valence-electron chi connectivity index (χ1n) is 9.93. The number of esters is 1. The van der Waals surface area contributed by atoms with E-state index >= 15 is 0 Å². The molecule has 1 amide bonds. The lowest BCUT2D eigenvalue weighted by molar-refractivity contribution is -0.122. The van der Waals surface area contributed by atoms with Gasteiger partial charge in [0.1, 0.15) is 10.8 Å². The molecule has 30 heavy (non-hydrogen) atoms. The zero-order valence-corrected chi connectivity index (χ0v) is 19.7. The van der Waals surface area contributed by atoms with Gasteiger partial charge in [0.25, 0.3) is 5.91 Å². The molecule has 8 heteroatoms. The van der Waals surface area contributed by atoms with Crippen LogP contribution in [0.3, 0.4) is 0 Å². The topological polar surface area (TPSA) is 64.6 Å². The Kier molecular flexibility index (Phi) is 7.32. The van der Waals surface area contributed by atoms with Crippen LogP contribution in [-0.4, -0.2) is 24.1 Å². The number of hydrogen-bond acceptors (Lipinski definition) is 5. The smallest absolute Gasteiger partial charge is 0.341 e. The van der Waals surface area contributed by atoms with Gasteiger partial charge in [0.15, 0.2) is 6.10 Å². The molecule has 1 aromatic carbocycles. The largest absolute Gasteiger partial charge is 0.479 e. The van der Waals surface area contributed by atoms with Crippen molar-refractivity contribution < 1.29 is 19.1 Å². The minimum absolute atomic E-state index is 0.242. The van der Waals surface area contributed by atoms with Crippen molar-refractivity contribution in [3.63, 3.8) is 0 Å². The summed E-state index contributed by atoms with van der Waals surface area (Å²) in [6.07, 6.45) is 1.64. The Morgan fingerprint density at radius 1 is 1.23 bits per heavy atom. The number of rotatable bonds is 6. The van der Waals surface area contributed by atoms with Crippen molar-refractivity contribution in [2.24, 2.45) is 5.92 Å². The highest BCUT2D eigenvalue weighted by molar-refractivity contribution is 7.17. The molecule has 1 aliphatic carbocycles. The maximum Gasteiger partial charge on any atom is 0.341 e. The van der Waals surface area contributed by atoms with Crippen molar-refractivity contribution in [1.82, 2.24) is 0 Å². The molecule has 2 aromatic rings. The first-order chi connectivity index (χ1) is 14.2. The molecule has 2 atom stereocenters. The fourth-order valence-electron chi connectivity index (χ4n) is 3.36. The number of halogens is 2. The summed E-state index contributed by atoms with van der Waals surface area (Å²) < 4.78 is 11.2.